The summed E-state index contributed by atoms with van der Waals surface area (Å²) in [5.41, 5.74) is 3.70. The molecule has 6 nitrogen and oxygen atoms in total. The molecule has 5 rings (SSSR count). The van der Waals surface area contributed by atoms with E-state index in [4.69, 9.17) is 4.74 Å². The monoisotopic (exact) mass is 380 g/mol. The van der Waals surface area contributed by atoms with Gasteiger partial charge in [0.1, 0.15) is 17.5 Å². The summed E-state index contributed by atoms with van der Waals surface area (Å²) in [6, 6.07) is 4.80. The first kappa shape index (κ1) is 17.5. The number of piperidine rings is 1. The maximum absolute atomic E-state index is 12.6. The highest BCUT2D eigenvalue weighted by Crippen LogP contribution is 2.46. The van der Waals surface area contributed by atoms with Crippen molar-refractivity contribution in [2.45, 2.75) is 50.3 Å². The number of fused-ring (bicyclic) bond motifs is 2. The molecule has 3 aliphatic heterocycles. The van der Waals surface area contributed by atoms with Crippen molar-refractivity contribution in [3.63, 3.8) is 0 Å². The number of benzene rings is 1. The molecule has 146 valence electrons. The molecule has 3 heterocycles. The number of nitrogens with one attached hydrogen (secondary N) is 1. The minimum Gasteiger partial charge on any atom is -0.508 e. The third-order valence-electron chi connectivity index (χ3n) is 6.70. The highest BCUT2D eigenvalue weighted by atomic mass is 16.6. The number of carbonyl (C=O) groups excluding carboxylic acids is 2. The number of phenolic OH excluding ortho intramolecular Hbond substituents is 1. The normalized spacial score (nSPS) is 26.7. The molecule has 1 aromatic rings. The van der Waals surface area contributed by atoms with Crippen LogP contribution in [0.3, 0.4) is 0 Å². The van der Waals surface area contributed by atoms with Crippen LogP contribution in [-0.4, -0.2) is 41.1 Å². The van der Waals surface area contributed by atoms with E-state index in [9.17, 15) is 14.7 Å². The molecule has 1 aliphatic carbocycles. The van der Waals surface area contributed by atoms with Crippen molar-refractivity contribution in [1.82, 2.24) is 10.2 Å². The second kappa shape index (κ2) is 6.21. The van der Waals surface area contributed by atoms with E-state index in [-0.39, 0.29) is 23.8 Å². The zero-order valence-corrected chi connectivity index (χ0v) is 15.8. The zero-order valence-electron chi connectivity index (χ0n) is 15.8. The quantitative estimate of drug-likeness (QED) is 0.733. The molecule has 2 N–H and O–H groups in total. The molecule has 0 bridgehead atoms. The Balaban J connectivity index is 1.37. The third kappa shape index (κ3) is 2.51. The summed E-state index contributed by atoms with van der Waals surface area (Å²) in [4.78, 5) is 27.1. The number of rotatable bonds is 1. The summed E-state index contributed by atoms with van der Waals surface area (Å²) in [5.74, 6) is -0.144. The first-order valence-corrected chi connectivity index (χ1v) is 10.0. The standard InChI is InChI=1S/C22H24N2O4/c1-13-15-4-2-3-5-16(15)20(26)23-19(13)24-10-8-22(9-11-24)18-12-14(25)6-7-17(18)21(27)28-22/h6-7,12,19,25H,1-5,8-11H2,(H,23,26). The number of nitrogens with zero attached hydrogens (tertiary/aromatic N) is 1. The Morgan fingerprint density at radius 3 is 2.61 bits per heavy atom. The van der Waals surface area contributed by atoms with Crippen LogP contribution in [0.15, 0.2) is 41.5 Å². The van der Waals surface area contributed by atoms with Gasteiger partial charge in [0.2, 0.25) is 5.91 Å². The van der Waals surface area contributed by atoms with Crippen LogP contribution in [0, 0.1) is 0 Å². The van der Waals surface area contributed by atoms with Gasteiger partial charge in [0.25, 0.3) is 0 Å². The molecule has 1 unspecified atom stereocenters. The summed E-state index contributed by atoms with van der Waals surface area (Å²) in [6.07, 6.45) is 5.00. The lowest BCUT2D eigenvalue weighted by molar-refractivity contribution is -0.120. The van der Waals surface area contributed by atoms with Crippen molar-refractivity contribution in [3.05, 3.63) is 52.6 Å². The number of esters is 1. The maximum Gasteiger partial charge on any atom is 0.339 e. The highest BCUT2D eigenvalue weighted by Gasteiger charge is 2.49. The fourth-order valence-corrected chi connectivity index (χ4v) is 5.17. The Morgan fingerprint density at radius 2 is 1.86 bits per heavy atom. The average molecular weight is 380 g/mol. The Morgan fingerprint density at radius 1 is 1.14 bits per heavy atom. The lowest BCUT2D eigenvalue weighted by Gasteiger charge is -2.44. The number of carbonyl (C=O) groups is 2. The summed E-state index contributed by atoms with van der Waals surface area (Å²) < 4.78 is 5.79. The number of phenols is 1. The van der Waals surface area contributed by atoms with Crippen LogP contribution in [-0.2, 0) is 15.1 Å². The van der Waals surface area contributed by atoms with Gasteiger partial charge in [-0.1, -0.05) is 6.58 Å². The van der Waals surface area contributed by atoms with E-state index in [2.05, 4.69) is 16.8 Å². The van der Waals surface area contributed by atoms with Gasteiger partial charge in [-0.2, -0.15) is 0 Å². The van der Waals surface area contributed by atoms with Crippen molar-refractivity contribution >= 4 is 11.9 Å². The first-order valence-electron chi connectivity index (χ1n) is 10.0. The van der Waals surface area contributed by atoms with Crippen LogP contribution in [0.5, 0.6) is 5.75 Å². The Hall–Kier alpha value is -2.60. The molecule has 1 aromatic carbocycles. The zero-order chi connectivity index (χ0) is 19.5. The molecular formula is C22H24N2O4. The fraction of sp³-hybridized carbons (Fsp3) is 0.455. The van der Waals surface area contributed by atoms with Gasteiger partial charge >= 0.3 is 5.97 Å². The van der Waals surface area contributed by atoms with Crippen LogP contribution in [0.4, 0.5) is 0 Å². The van der Waals surface area contributed by atoms with E-state index in [0.29, 0.717) is 31.5 Å². The first-order chi connectivity index (χ1) is 13.5. The van der Waals surface area contributed by atoms with Crippen molar-refractivity contribution in [2.24, 2.45) is 0 Å². The second-order valence-electron chi connectivity index (χ2n) is 8.22. The minimum absolute atomic E-state index is 0.0370. The molecule has 0 saturated carbocycles. The summed E-state index contributed by atoms with van der Waals surface area (Å²) >= 11 is 0. The van der Waals surface area contributed by atoms with Crippen molar-refractivity contribution in [1.29, 1.82) is 0 Å². The van der Waals surface area contributed by atoms with Gasteiger partial charge in [-0.05, 0) is 55.0 Å². The van der Waals surface area contributed by atoms with Gasteiger partial charge in [-0.25, -0.2) is 4.79 Å². The lowest BCUT2D eigenvalue weighted by Crippen LogP contribution is -2.56. The van der Waals surface area contributed by atoms with Gasteiger partial charge in [0, 0.05) is 37.1 Å². The number of amides is 1. The van der Waals surface area contributed by atoms with E-state index >= 15 is 0 Å². The van der Waals surface area contributed by atoms with Gasteiger partial charge < -0.3 is 15.2 Å². The SMILES string of the molecule is C=C1C2=C(CCCC2)C(=O)NC1N1CCC2(CC1)OC(=O)c1ccc(O)cc12. The number of hydrogen-bond acceptors (Lipinski definition) is 5. The van der Waals surface area contributed by atoms with Gasteiger partial charge in [-0.3, -0.25) is 9.69 Å². The van der Waals surface area contributed by atoms with E-state index in [1.165, 1.54) is 6.07 Å². The molecule has 6 heteroatoms. The average Bonchev–Trinajstić information content (AvgIpc) is 2.96. The molecule has 1 fully saturated rings. The maximum atomic E-state index is 12.6. The highest BCUT2D eigenvalue weighted by molar-refractivity contribution is 5.97. The lowest BCUT2D eigenvalue weighted by atomic mass is 9.81. The van der Waals surface area contributed by atoms with Gasteiger partial charge in [0.05, 0.1) is 5.56 Å². The number of aromatic hydroxyl groups is 1. The van der Waals surface area contributed by atoms with Crippen molar-refractivity contribution < 1.29 is 19.4 Å². The van der Waals surface area contributed by atoms with Crippen molar-refractivity contribution in [2.75, 3.05) is 13.1 Å². The summed E-state index contributed by atoms with van der Waals surface area (Å²) in [5, 5.41) is 13.0. The van der Waals surface area contributed by atoms with E-state index in [0.717, 1.165) is 48.0 Å². The predicted octanol–water partition coefficient (Wildman–Crippen LogP) is 2.74. The fourth-order valence-electron chi connectivity index (χ4n) is 5.17. The second-order valence-corrected chi connectivity index (χ2v) is 8.22. The van der Waals surface area contributed by atoms with Crippen LogP contribution in [0.25, 0.3) is 0 Å². The van der Waals surface area contributed by atoms with E-state index in [1.807, 2.05) is 0 Å². The predicted molar refractivity (Wildman–Crippen MR) is 103 cm³/mol. The number of ether oxygens (including phenoxy) is 1. The molecule has 1 amide bonds. The molecule has 1 spiro atoms. The van der Waals surface area contributed by atoms with E-state index in [1.54, 1.807) is 12.1 Å². The Labute approximate surface area is 163 Å². The molecular weight excluding hydrogens is 356 g/mol. The van der Waals surface area contributed by atoms with Gasteiger partial charge in [-0.15, -0.1) is 0 Å². The van der Waals surface area contributed by atoms with Gasteiger partial charge in [0.15, 0.2) is 0 Å². The van der Waals surface area contributed by atoms with Crippen LogP contribution >= 0.6 is 0 Å². The molecule has 1 saturated heterocycles. The Kier molecular flexibility index (Phi) is 3.88. The molecule has 4 aliphatic rings. The third-order valence-corrected chi connectivity index (χ3v) is 6.70. The molecule has 1 atom stereocenters. The topological polar surface area (TPSA) is 78.9 Å². The Bertz CT molecular complexity index is 924. The van der Waals surface area contributed by atoms with Crippen LogP contribution < -0.4 is 5.32 Å². The summed E-state index contributed by atoms with van der Waals surface area (Å²) in [7, 11) is 0. The smallest absolute Gasteiger partial charge is 0.339 e. The number of likely N-dealkylation sites (tertiary alicyclic amines) is 1. The van der Waals surface area contributed by atoms with Crippen LogP contribution in [0.1, 0.15) is 54.4 Å². The molecule has 0 radical (unpaired) electrons. The van der Waals surface area contributed by atoms with E-state index < -0.39 is 5.60 Å². The minimum atomic E-state index is -0.684. The molecule has 28 heavy (non-hydrogen) atoms. The largest absolute Gasteiger partial charge is 0.508 e. The van der Waals surface area contributed by atoms with Crippen molar-refractivity contribution in [3.8, 4) is 5.75 Å². The van der Waals surface area contributed by atoms with Crippen LogP contribution in [0.2, 0.25) is 0 Å². The summed E-state index contributed by atoms with van der Waals surface area (Å²) in [6.45, 7) is 5.66. The number of hydrogen-bond donors (Lipinski definition) is 2. The molecule has 0 aromatic heterocycles.